The number of methoxy groups -OCH3 is 3. The summed E-state index contributed by atoms with van der Waals surface area (Å²) in [7, 11) is 4.50. The highest BCUT2D eigenvalue weighted by Crippen LogP contribution is 2.42. The Morgan fingerprint density at radius 3 is 2.22 bits per heavy atom. The number of amides is 1. The third-order valence-electron chi connectivity index (χ3n) is 6.27. The molecule has 1 heterocycles. The predicted octanol–water partition coefficient (Wildman–Crippen LogP) is 4.84. The van der Waals surface area contributed by atoms with Crippen LogP contribution in [0.4, 0.5) is 0 Å². The van der Waals surface area contributed by atoms with Crippen LogP contribution in [-0.2, 0) is 16.0 Å². The number of halogens is 1. The van der Waals surface area contributed by atoms with Crippen molar-refractivity contribution in [2.45, 2.75) is 12.5 Å². The van der Waals surface area contributed by atoms with E-state index in [1.54, 1.807) is 56.7 Å². The van der Waals surface area contributed by atoms with Crippen molar-refractivity contribution in [3.63, 3.8) is 0 Å². The second-order valence-electron chi connectivity index (χ2n) is 8.37. The number of nitrogens with zero attached hydrogens (tertiary/aromatic N) is 1. The van der Waals surface area contributed by atoms with Gasteiger partial charge in [-0.2, -0.15) is 0 Å². The largest absolute Gasteiger partial charge is 0.507 e. The van der Waals surface area contributed by atoms with Gasteiger partial charge in [-0.15, -0.1) is 0 Å². The van der Waals surface area contributed by atoms with Crippen LogP contribution in [0.3, 0.4) is 0 Å². The number of rotatable bonds is 8. The molecule has 2 N–H and O–H groups in total. The van der Waals surface area contributed by atoms with Crippen molar-refractivity contribution in [1.29, 1.82) is 0 Å². The molecule has 0 radical (unpaired) electrons. The number of hydrogen-bond acceptors (Lipinski definition) is 7. The van der Waals surface area contributed by atoms with Crippen LogP contribution in [0.25, 0.3) is 5.76 Å². The van der Waals surface area contributed by atoms with Crippen LogP contribution in [0.2, 0.25) is 0 Å². The van der Waals surface area contributed by atoms with Crippen molar-refractivity contribution in [2.75, 3.05) is 27.9 Å². The molecule has 1 amide bonds. The molecule has 1 aliphatic rings. The minimum absolute atomic E-state index is 0.0348. The third kappa shape index (κ3) is 5.13. The van der Waals surface area contributed by atoms with Gasteiger partial charge >= 0.3 is 0 Å². The zero-order valence-corrected chi connectivity index (χ0v) is 22.1. The molecule has 37 heavy (non-hydrogen) atoms. The summed E-state index contributed by atoms with van der Waals surface area (Å²) in [4.78, 5) is 27.9. The molecule has 3 aromatic carbocycles. The summed E-state index contributed by atoms with van der Waals surface area (Å²) in [5.41, 5.74) is 1.75. The summed E-state index contributed by atoms with van der Waals surface area (Å²) >= 11 is 3.36. The lowest BCUT2D eigenvalue weighted by molar-refractivity contribution is -0.139. The maximum atomic E-state index is 13.3. The lowest BCUT2D eigenvalue weighted by Gasteiger charge is -2.26. The first kappa shape index (κ1) is 26.1. The number of benzene rings is 3. The molecule has 8 nitrogen and oxygen atoms in total. The van der Waals surface area contributed by atoms with E-state index in [-0.39, 0.29) is 29.4 Å². The van der Waals surface area contributed by atoms with Gasteiger partial charge in [0, 0.05) is 16.6 Å². The van der Waals surface area contributed by atoms with Gasteiger partial charge in [0.05, 0.1) is 32.9 Å². The Balaban J connectivity index is 1.78. The SMILES string of the molecule is COc1cc(C2/C(=C(/O)c3ccc(Br)cc3)C(=O)C(=O)N2CCc2ccc(OC)c(OC)c2)ccc1O. The maximum Gasteiger partial charge on any atom is 0.295 e. The fourth-order valence-electron chi connectivity index (χ4n) is 4.37. The monoisotopic (exact) mass is 567 g/mol. The van der Waals surface area contributed by atoms with Crippen LogP contribution in [0.1, 0.15) is 22.7 Å². The molecule has 9 heteroatoms. The third-order valence-corrected chi connectivity index (χ3v) is 6.80. The normalized spacial score (nSPS) is 16.6. The van der Waals surface area contributed by atoms with Gasteiger partial charge < -0.3 is 29.3 Å². The molecule has 1 fully saturated rings. The second kappa shape index (κ2) is 11.0. The molecule has 192 valence electrons. The van der Waals surface area contributed by atoms with E-state index < -0.39 is 17.7 Å². The Hall–Kier alpha value is -3.98. The topological polar surface area (TPSA) is 106 Å². The number of carbonyl (C=O) groups excluding carboxylic acids is 2. The average Bonchev–Trinajstić information content (AvgIpc) is 3.16. The van der Waals surface area contributed by atoms with Crippen LogP contribution < -0.4 is 14.2 Å². The highest BCUT2D eigenvalue weighted by atomic mass is 79.9. The molecular weight excluding hydrogens is 542 g/mol. The fraction of sp³-hybridized carbons (Fsp3) is 0.214. The molecule has 0 spiro atoms. The van der Waals surface area contributed by atoms with Gasteiger partial charge in [0.1, 0.15) is 5.76 Å². The van der Waals surface area contributed by atoms with Crippen molar-refractivity contribution in [2.24, 2.45) is 0 Å². The Labute approximate surface area is 222 Å². The first-order chi connectivity index (χ1) is 17.8. The minimum atomic E-state index is -0.890. The molecule has 1 atom stereocenters. The van der Waals surface area contributed by atoms with Crippen molar-refractivity contribution >= 4 is 33.4 Å². The molecular formula is C28H26BrNO7. The average molecular weight is 568 g/mol. The Morgan fingerprint density at radius 2 is 1.57 bits per heavy atom. The number of carbonyl (C=O) groups is 2. The number of phenols is 1. The molecule has 0 aromatic heterocycles. The molecule has 0 aliphatic carbocycles. The number of aromatic hydroxyl groups is 1. The second-order valence-corrected chi connectivity index (χ2v) is 9.29. The predicted molar refractivity (Wildman–Crippen MR) is 141 cm³/mol. The van der Waals surface area contributed by atoms with Gasteiger partial charge in [-0.25, -0.2) is 0 Å². The number of Topliss-reactive ketones (excluding diaryl/α,β-unsaturated/α-hetero) is 1. The zero-order valence-electron chi connectivity index (χ0n) is 20.5. The molecule has 1 saturated heterocycles. The number of ether oxygens (including phenoxy) is 3. The van der Waals surface area contributed by atoms with Crippen molar-refractivity contribution < 1.29 is 34.0 Å². The quantitative estimate of drug-likeness (QED) is 0.228. The molecule has 1 unspecified atom stereocenters. The van der Waals surface area contributed by atoms with Gasteiger partial charge in [-0.05, 0) is 53.9 Å². The maximum absolute atomic E-state index is 13.3. The van der Waals surface area contributed by atoms with E-state index in [2.05, 4.69) is 15.9 Å². The van der Waals surface area contributed by atoms with E-state index in [1.807, 2.05) is 12.1 Å². The van der Waals surface area contributed by atoms with E-state index >= 15 is 0 Å². The highest BCUT2D eigenvalue weighted by molar-refractivity contribution is 9.10. The van der Waals surface area contributed by atoms with E-state index in [0.717, 1.165) is 10.0 Å². The van der Waals surface area contributed by atoms with Crippen molar-refractivity contribution in [3.8, 4) is 23.0 Å². The first-order valence-corrected chi connectivity index (χ1v) is 12.2. The molecule has 0 saturated carbocycles. The fourth-order valence-corrected chi connectivity index (χ4v) is 4.63. The van der Waals surface area contributed by atoms with E-state index in [4.69, 9.17) is 14.2 Å². The van der Waals surface area contributed by atoms with Crippen LogP contribution in [0.5, 0.6) is 23.0 Å². The number of ketones is 1. The number of phenolic OH excluding ortho intramolecular Hbond substituents is 1. The Morgan fingerprint density at radius 1 is 0.892 bits per heavy atom. The van der Waals surface area contributed by atoms with Gasteiger partial charge in [-0.3, -0.25) is 9.59 Å². The van der Waals surface area contributed by atoms with Gasteiger partial charge in [-0.1, -0.05) is 40.2 Å². The summed E-state index contributed by atoms with van der Waals surface area (Å²) in [6.07, 6.45) is 0.414. The van der Waals surface area contributed by atoms with E-state index in [0.29, 0.717) is 29.0 Å². The zero-order chi connectivity index (χ0) is 26.7. The smallest absolute Gasteiger partial charge is 0.295 e. The molecule has 4 rings (SSSR count). The first-order valence-electron chi connectivity index (χ1n) is 11.4. The summed E-state index contributed by atoms with van der Waals surface area (Å²) in [6.45, 7) is 0.186. The van der Waals surface area contributed by atoms with Crippen LogP contribution >= 0.6 is 15.9 Å². The molecule has 3 aromatic rings. The summed E-state index contributed by atoms with van der Waals surface area (Å²) in [5.74, 6) is -0.556. The van der Waals surface area contributed by atoms with Crippen molar-refractivity contribution in [1.82, 2.24) is 4.90 Å². The Kier molecular flexibility index (Phi) is 7.73. The molecule has 0 bridgehead atoms. The van der Waals surface area contributed by atoms with Crippen LogP contribution in [-0.4, -0.2) is 54.7 Å². The minimum Gasteiger partial charge on any atom is -0.507 e. The Bertz CT molecular complexity index is 1370. The van der Waals surface area contributed by atoms with E-state index in [9.17, 15) is 19.8 Å². The number of aliphatic hydroxyl groups excluding tert-OH is 1. The van der Waals surface area contributed by atoms with Gasteiger partial charge in [0.25, 0.3) is 11.7 Å². The molecule has 1 aliphatic heterocycles. The summed E-state index contributed by atoms with van der Waals surface area (Å²) < 4.78 is 16.7. The standard InChI is InChI=1S/C28H26BrNO7/c1-35-21-11-4-16(14-23(21)37-3)12-13-30-25(18-7-10-20(31)22(15-18)36-2)24(27(33)28(30)34)26(32)17-5-8-19(29)9-6-17/h4-11,14-15,25,31-32H,12-13H2,1-3H3/b26-24-. The van der Waals surface area contributed by atoms with Gasteiger partial charge in [0.2, 0.25) is 0 Å². The number of likely N-dealkylation sites (tertiary alicyclic amines) is 1. The van der Waals surface area contributed by atoms with E-state index in [1.165, 1.54) is 18.1 Å². The van der Waals surface area contributed by atoms with Gasteiger partial charge in [0.15, 0.2) is 23.0 Å². The van der Waals surface area contributed by atoms with Crippen LogP contribution in [0, 0.1) is 0 Å². The summed E-state index contributed by atoms with van der Waals surface area (Å²) in [5, 5.41) is 21.3. The lowest BCUT2D eigenvalue weighted by atomic mass is 9.95. The van der Waals surface area contributed by atoms with Crippen molar-refractivity contribution in [3.05, 3.63) is 87.4 Å². The highest BCUT2D eigenvalue weighted by Gasteiger charge is 2.46. The number of hydrogen-bond donors (Lipinski definition) is 2. The lowest BCUT2D eigenvalue weighted by Crippen LogP contribution is -2.31. The summed E-state index contributed by atoms with van der Waals surface area (Å²) in [6, 6.07) is 15.9. The number of aliphatic hydroxyl groups is 1. The van der Waals surface area contributed by atoms with Crippen LogP contribution in [0.15, 0.2) is 70.7 Å².